The maximum Gasteiger partial charge on any atom is 0.151 e. The Kier molecular flexibility index (Phi) is 4.21. The largest absolute Gasteiger partial charge is 0.298 e. The van der Waals surface area contributed by atoms with E-state index in [4.69, 9.17) is 23.2 Å². The predicted molar refractivity (Wildman–Crippen MR) is 79.7 cm³/mol. The second kappa shape index (κ2) is 5.73. The van der Waals surface area contributed by atoms with Gasteiger partial charge in [-0.3, -0.25) is 9.78 Å². The first-order chi connectivity index (χ1) is 9.43. The van der Waals surface area contributed by atoms with Crippen molar-refractivity contribution in [1.29, 1.82) is 0 Å². The zero-order valence-electron chi connectivity index (χ0n) is 10.6. The summed E-state index contributed by atoms with van der Waals surface area (Å²) < 4.78 is 14.0. The second-order valence-corrected chi connectivity index (χ2v) is 5.12. The molecule has 0 bridgehead atoms. The number of aldehydes is 1. The molecule has 1 aromatic heterocycles. The SMILES string of the molecule is C=C(C)c1cnc(-c2cc(C=O)c(Cl)cc2F)c(Cl)c1. The van der Waals surface area contributed by atoms with Crippen molar-refractivity contribution in [3.8, 4) is 11.3 Å². The van der Waals surface area contributed by atoms with Crippen LogP contribution in [0, 0.1) is 5.82 Å². The molecule has 5 heteroatoms. The number of nitrogens with zero attached hydrogens (tertiary/aromatic N) is 1. The van der Waals surface area contributed by atoms with Gasteiger partial charge in [0, 0.05) is 17.3 Å². The van der Waals surface area contributed by atoms with Gasteiger partial charge in [-0.05, 0) is 36.3 Å². The van der Waals surface area contributed by atoms with Crippen LogP contribution < -0.4 is 0 Å². The Labute approximate surface area is 125 Å². The number of carbonyl (C=O) groups is 1. The van der Waals surface area contributed by atoms with Crippen LogP contribution in [-0.2, 0) is 0 Å². The van der Waals surface area contributed by atoms with E-state index in [0.717, 1.165) is 17.2 Å². The molecule has 0 radical (unpaired) electrons. The zero-order valence-corrected chi connectivity index (χ0v) is 12.1. The van der Waals surface area contributed by atoms with Crippen molar-refractivity contribution in [3.63, 3.8) is 0 Å². The summed E-state index contributed by atoms with van der Waals surface area (Å²) >= 11 is 11.9. The Morgan fingerprint density at radius 2 is 2.00 bits per heavy atom. The van der Waals surface area contributed by atoms with Gasteiger partial charge in [0.25, 0.3) is 0 Å². The van der Waals surface area contributed by atoms with E-state index < -0.39 is 5.82 Å². The molecule has 0 fully saturated rings. The van der Waals surface area contributed by atoms with Crippen molar-refractivity contribution in [2.75, 3.05) is 0 Å². The third-order valence-electron chi connectivity index (χ3n) is 2.80. The molecule has 0 amide bonds. The van der Waals surface area contributed by atoms with E-state index >= 15 is 0 Å². The molecule has 0 aliphatic carbocycles. The van der Waals surface area contributed by atoms with Gasteiger partial charge in [-0.2, -0.15) is 0 Å². The predicted octanol–water partition coefficient (Wildman–Crippen LogP) is 5.04. The molecule has 1 aromatic carbocycles. The first kappa shape index (κ1) is 14.7. The summed E-state index contributed by atoms with van der Waals surface area (Å²) in [5.74, 6) is -0.585. The molecule has 0 aliphatic rings. The van der Waals surface area contributed by atoms with Crippen molar-refractivity contribution in [3.05, 3.63) is 58.0 Å². The Bertz CT molecular complexity index is 713. The number of halogens is 3. The van der Waals surface area contributed by atoms with E-state index in [1.165, 1.54) is 6.07 Å². The average Bonchev–Trinajstić information content (AvgIpc) is 2.39. The lowest BCUT2D eigenvalue weighted by Gasteiger charge is -2.09. The summed E-state index contributed by atoms with van der Waals surface area (Å²) in [6.07, 6.45) is 2.11. The number of allylic oxidation sites excluding steroid dienone is 1. The minimum absolute atomic E-state index is 0.0518. The van der Waals surface area contributed by atoms with E-state index in [9.17, 15) is 9.18 Å². The standard InChI is InChI=1S/C15H10Cl2FNO/c1-8(2)9-4-13(17)15(19-6-9)11-3-10(7-20)12(16)5-14(11)18/h3-7H,1H2,2H3. The lowest BCUT2D eigenvalue weighted by molar-refractivity contribution is 0.112. The first-order valence-electron chi connectivity index (χ1n) is 5.70. The fourth-order valence-electron chi connectivity index (χ4n) is 1.71. The van der Waals surface area contributed by atoms with Crippen LogP contribution in [0.4, 0.5) is 4.39 Å². The smallest absolute Gasteiger partial charge is 0.151 e. The number of aromatic nitrogens is 1. The molecule has 102 valence electrons. The summed E-state index contributed by atoms with van der Waals surface area (Å²) in [7, 11) is 0. The van der Waals surface area contributed by atoms with Gasteiger partial charge >= 0.3 is 0 Å². The highest BCUT2D eigenvalue weighted by atomic mass is 35.5. The van der Waals surface area contributed by atoms with Gasteiger partial charge in [-0.25, -0.2) is 4.39 Å². The molecule has 0 saturated heterocycles. The van der Waals surface area contributed by atoms with Crippen LogP contribution in [0.25, 0.3) is 16.8 Å². The van der Waals surface area contributed by atoms with E-state index in [1.807, 2.05) is 6.92 Å². The number of benzene rings is 1. The fraction of sp³-hybridized carbons (Fsp3) is 0.0667. The highest BCUT2D eigenvalue weighted by Gasteiger charge is 2.14. The van der Waals surface area contributed by atoms with E-state index in [0.29, 0.717) is 6.29 Å². The van der Waals surface area contributed by atoms with Crippen LogP contribution in [0.1, 0.15) is 22.8 Å². The molecule has 1 heterocycles. The molecular weight excluding hydrogens is 300 g/mol. The molecule has 0 N–H and O–H groups in total. The minimum Gasteiger partial charge on any atom is -0.298 e. The molecule has 0 unspecified atom stereocenters. The third kappa shape index (κ3) is 2.74. The second-order valence-electron chi connectivity index (χ2n) is 4.31. The van der Waals surface area contributed by atoms with Crippen molar-refractivity contribution in [2.24, 2.45) is 0 Å². The summed E-state index contributed by atoms with van der Waals surface area (Å²) in [5.41, 5.74) is 2.15. The van der Waals surface area contributed by atoms with Crippen LogP contribution in [-0.4, -0.2) is 11.3 Å². The molecule has 0 atom stereocenters. The minimum atomic E-state index is -0.585. The molecule has 2 aromatic rings. The maximum absolute atomic E-state index is 14.0. The zero-order chi connectivity index (χ0) is 14.9. The van der Waals surface area contributed by atoms with E-state index in [-0.39, 0.29) is 26.9 Å². The maximum atomic E-state index is 14.0. The molecule has 0 aliphatic heterocycles. The van der Waals surface area contributed by atoms with Gasteiger partial charge < -0.3 is 0 Å². The van der Waals surface area contributed by atoms with Gasteiger partial charge in [0.2, 0.25) is 0 Å². The highest BCUT2D eigenvalue weighted by Crippen LogP contribution is 2.32. The Hall–Kier alpha value is -1.71. The summed E-state index contributed by atoms with van der Waals surface area (Å²) in [5, 5.41) is 0.333. The van der Waals surface area contributed by atoms with Gasteiger partial charge in [-0.1, -0.05) is 29.8 Å². The van der Waals surface area contributed by atoms with Gasteiger partial charge in [0.15, 0.2) is 6.29 Å². The van der Waals surface area contributed by atoms with Crippen molar-refractivity contribution >= 4 is 35.1 Å². The van der Waals surface area contributed by atoms with Crippen LogP contribution in [0.5, 0.6) is 0 Å². The highest BCUT2D eigenvalue weighted by molar-refractivity contribution is 6.34. The Morgan fingerprint density at radius 1 is 1.30 bits per heavy atom. The molecular formula is C15H10Cl2FNO. The fourth-order valence-corrected chi connectivity index (χ4v) is 2.17. The van der Waals surface area contributed by atoms with Crippen molar-refractivity contribution < 1.29 is 9.18 Å². The van der Waals surface area contributed by atoms with Crippen LogP contribution in [0.2, 0.25) is 10.0 Å². The average molecular weight is 310 g/mol. The molecule has 2 rings (SSSR count). The van der Waals surface area contributed by atoms with E-state index in [1.54, 1.807) is 12.3 Å². The monoisotopic (exact) mass is 309 g/mol. The number of hydrogen-bond acceptors (Lipinski definition) is 2. The lowest BCUT2D eigenvalue weighted by atomic mass is 10.1. The van der Waals surface area contributed by atoms with Gasteiger partial charge in [-0.15, -0.1) is 0 Å². The topological polar surface area (TPSA) is 30.0 Å². The normalized spacial score (nSPS) is 10.4. The summed E-state index contributed by atoms with van der Waals surface area (Å²) in [4.78, 5) is 15.0. The number of rotatable bonds is 3. The first-order valence-corrected chi connectivity index (χ1v) is 6.45. The summed E-state index contributed by atoms with van der Waals surface area (Å²) in [6.45, 7) is 5.61. The number of carbonyl (C=O) groups excluding carboxylic acids is 1. The third-order valence-corrected chi connectivity index (χ3v) is 3.42. The van der Waals surface area contributed by atoms with Gasteiger partial charge in [0.05, 0.1) is 15.7 Å². The quantitative estimate of drug-likeness (QED) is 0.743. The van der Waals surface area contributed by atoms with Crippen molar-refractivity contribution in [1.82, 2.24) is 4.98 Å². The molecule has 0 saturated carbocycles. The lowest BCUT2D eigenvalue weighted by Crippen LogP contribution is -1.94. The molecule has 0 spiro atoms. The number of pyridine rings is 1. The van der Waals surface area contributed by atoms with Crippen LogP contribution in [0.15, 0.2) is 31.0 Å². The Balaban J connectivity index is 2.62. The summed E-state index contributed by atoms with van der Waals surface area (Å²) in [6, 6.07) is 4.06. The van der Waals surface area contributed by atoms with Crippen LogP contribution in [0.3, 0.4) is 0 Å². The van der Waals surface area contributed by atoms with E-state index in [2.05, 4.69) is 11.6 Å². The van der Waals surface area contributed by atoms with Gasteiger partial charge in [0.1, 0.15) is 5.82 Å². The number of hydrogen-bond donors (Lipinski definition) is 0. The Morgan fingerprint density at radius 3 is 2.55 bits per heavy atom. The molecule has 2 nitrogen and oxygen atoms in total. The molecule has 20 heavy (non-hydrogen) atoms. The van der Waals surface area contributed by atoms with Crippen molar-refractivity contribution in [2.45, 2.75) is 6.92 Å². The van der Waals surface area contributed by atoms with Crippen LogP contribution >= 0.6 is 23.2 Å².